The number of thioether (sulfide) groups is 1. The number of amides is 6. The molecule has 264 valence electrons. The van der Waals surface area contributed by atoms with Gasteiger partial charge in [0.05, 0.1) is 23.0 Å². The molecule has 49 heavy (non-hydrogen) atoms. The smallest absolute Gasteiger partial charge is 0.253 e. The van der Waals surface area contributed by atoms with E-state index in [9.17, 15) is 33.2 Å². The van der Waals surface area contributed by atoms with Crippen LogP contribution in [0.2, 0.25) is 5.02 Å². The van der Waals surface area contributed by atoms with Crippen LogP contribution in [0.4, 0.5) is 4.39 Å². The fraction of sp³-hybridized carbons (Fsp3) is 0.471. The largest absolute Gasteiger partial charge is 0.347 e. The molecule has 2 aromatic carbocycles. The standard InChI is InChI=1S/C34H42ClFN6O6S/c1-18(2)29-34(48)42-17-22(38-31(45)23-11-10-21(36)14-24(23)35)15-27(42)33(47)37-19(3)30(44)40-26(20-8-6-5-7-9-20)16-28(43)39-25(12-13-49-4)32(46)41-29/h5-11,14,18-19,22,25-27,29H,12-13,15-17H2,1-4H3,(H,37,47)(H,38,45)(H,39,43)(H,40,44)(H,41,46)/t19-,22-,25-,26-,27-,29-/m0/s1. The highest BCUT2D eigenvalue weighted by molar-refractivity contribution is 7.98. The van der Waals surface area contributed by atoms with E-state index >= 15 is 0 Å². The summed E-state index contributed by atoms with van der Waals surface area (Å²) < 4.78 is 13.6. The second-order valence-corrected chi connectivity index (χ2v) is 14.0. The number of halogens is 2. The molecule has 6 atom stereocenters. The molecular weight excluding hydrogens is 675 g/mol. The SMILES string of the molecule is CSCC[C@@H]1NC(=O)C[C@@H](c2ccccc2)NC(=O)[C@H](C)NC(=O)[C@@H]2C[C@H](NC(=O)c3ccc(F)cc3Cl)CN2C(=O)[C@H](C(C)C)NC1=O. The highest BCUT2D eigenvalue weighted by Crippen LogP contribution is 2.24. The van der Waals surface area contributed by atoms with Crippen molar-refractivity contribution in [1.82, 2.24) is 31.5 Å². The molecule has 12 nitrogen and oxygen atoms in total. The molecule has 0 radical (unpaired) electrons. The average Bonchev–Trinajstić information content (AvgIpc) is 3.48. The van der Waals surface area contributed by atoms with Gasteiger partial charge in [0.25, 0.3) is 5.91 Å². The van der Waals surface area contributed by atoms with Crippen LogP contribution in [-0.4, -0.2) is 89.1 Å². The molecular formula is C34H42ClFN6O6S. The summed E-state index contributed by atoms with van der Waals surface area (Å²) >= 11 is 7.59. The lowest BCUT2D eigenvalue weighted by Gasteiger charge is -2.32. The van der Waals surface area contributed by atoms with Crippen LogP contribution < -0.4 is 26.6 Å². The Balaban J connectivity index is 1.68. The van der Waals surface area contributed by atoms with Crippen LogP contribution in [0.3, 0.4) is 0 Å². The minimum atomic E-state index is -1.11. The molecule has 0 aliphatic carbocycles. The van der Waals surface area contributed by atoms with Gasteiger partial charge in [0.2, 0.25) is 29.5 Å². The fourth-order valence-electron chi connectivity index (χ4n) is 5.87. The molecule has 0 saturated carbocycles. The molecule has 0 aromatic heterocycles. The molecule has 0 bridgehead atoms. The van der Waals surface area contributed by atoms with Gasteiger partial charge < -0.3 is 31.5 Å². The van der Waals surface area contributed by atoms with Crippen molar-refractivity contribution in [3.63, 3.8) is 0 Å². The number of carbonyl (C=O) groups excluding carboxylic acids is 6. The molecule has 2 aliphatic heterocycles. The summed E-state index contributed by atoms with van der Waals surface area (Å²) in [6, 6.07) is 6.50. The Morgan fingerprint density at radius 2 is 1.71 bits per heavy atom. The third-order valence-electron chi connectivity index (χ3n) is 8.55. The topological polar surface area (TPSA) is 166 Å². The van der Waals surface area contributed by atoms with E-state index in [1.54, 1.807) is 44.2 Å². The molecule has 2 saturated heterocycles. The highest BCUT2D eigenvalue weighted by Gasteiger charge is 2.44. The van der Waals surface area contributed by atoms with Crippen LogP contribution >= 0.6 is 23.4 Å². The summed E-state index contributed by atoms with van der Waals surface area (Å²) in [6.45, 7) is 4.89. The molecule has 4 rings (SSSR count). The average molecular weight is 717 g/mol. The first-order valence-corrected chi connectivity index (χ1v) is 17.9. The third kappa shape index (κ3) is 9.72. The van der Waals surface area contributed by atoms with Gasteiger partial charge in [0.1, 0.15) is 30.0 Å². The minimum Gasteiger partial charge on any atom is -0.347 e. The van der Waals surface area contributed by atoms with Gasteiger partial charge in [-0.05, 0) is 61.5 Å². The zero-order valence-electron chi connectivity index (χ0n) is 27.8. The summed E-state index contributed by atoms with van der Waals surface area (Å²) in [5, 5.41) is 13.8. The van der Waals surface area contributed by atoms with Gasteiger partial charge in [-0.25, -0.2) is 4.39 Å². The van der Waals surface area contributed by atoms with Crippen molar-refractivity contribution in [1.29, 1.82) is 0 Å². The second kappa shape index (κ2) is 17.0. The number of nitrogens with zero attached hydrogens (tertiary/aromatic N) is 1. The van der Waals surface area contributed by atoms with Crippen LogP contribution in [0, 0.1) is 11.7 Å². The maximum atomic E-state index is 14.2. The molecule has 2 heterocycles. The van der Waals surface area contributed by atoms with Crippen molar-refractivity contribution in [2.24, 2.45) is 5.92 Å². The van der Waals surface area contributed by atoms with Crippen LogP contribution in [0.1, 0.15) is 62.0 Å². The Labute approximate surface area is 294 Å². The zero-order chi connectivity index (χ0) is 35.8. The number of nitrogens with one attached hydrogen (secondary N) is 5. The first-order chi connectivity index (χ1) is 23.3. The predicted octanol–water partition coefficient (Wildman–Crippen LogP) is 2.32. The fourth-order valence-corrected chi connectivity index (χ4v) is 6.59. The molecule has 2 fully saturated rings. The van der Waals surface area contributed by atoms with E-state index in [0.717, 1.165) is 12.1 Å². The van der Waals surface area contributed by atoms with E-state index in [4.69, 9.17) is 11.6 Å². The van der Waals surface area contributed by atoms with Crippen molar-refractivity contribution in [2.75, 3.05) is 18.6 Å². The predicted molar refractivity (Wildman–Crippen MR) is 184 cm³/mol. The molecule has 6 amide bonds. The van der Waals surface area contributed by atoms with Gasteiger partial charge >= 0.3 is 0 Å². The molecule has 2 aromatic rings. The van der Waals surface area contributed by atoms with Crippen LogP contribution in [0.25, 0.3) is 0 Å². The number of fused-ring (bicyclic) bond motifs is 1. The maximum Gasteiger partial charge on any atom is 0.253 e. The van der Waals surface area contributed by atoms with Gasteiger partial charge in [-0.1, -0.05) is 55.8 Å². The summed E-state index contributed by atoms with van der Waals surface area (Å²) in [5.41, 5.74) is 0.673. The number of hydrogen-bond donors (Lipinski definition) is 5. The lowest BCUT2D eigenvalue weighted by molar-refractivity contribution is -0.143. The Hall–Kier alpha value is -4.17. The third-order valence-corrected chi connectivity index (χ3v) is 9.51. The summed E-state index contributed by atoms with van der Waals surface area (Å²) in [7, 11) is 0. The van der Waals surface area contributed by atoms with Gasteiger partial charge in [-0.3, -0.25) is 28.8 Å². The van der Waals surface area contributed by atoms with Gasteiger partial charge in [-0.2, -0.15) is 11.8 Å². The maximum absolute atomic E-state index is 14.2. The monoisotopic (exact) mass is 716 g/mol. The van der Waals surface area contributed by atoms with Gasteiger partial charge in [0.15, 0.2) is 0 Å². The van der Waals surface area contributed by atoms with E-state index < -0.39 is 83.4 Å². The summed E-state index contributed by atoms with van der Waals surface area (Å²) in [5.74, 6) is -3.93. The van der Waals surface area contributed by atoms with E-state index in [1.807, 2.05) is 6.26 Å². The minimum absolute atomic E-state index is 0.00568. The number of benzene rings is 2. The van der Waals surface area contributed by atoms with Crippen molar-refractivity contribution in [3.05, 3.63) is 70.5 Å². The Bertz CT molecular complexity index is 1560. The summed E-state index contributed by atoms with van der Waals surface area (Å²) in [6.07, 6.45) is 1.97. The van der Waals surface area contributed by atoms with Crippen molar-refractivity contribution >= 4 is 58.8 Å². The quantitative estimate of drug-likeness (QED) is 0.294. The van der Waals surface area contributed by atoms with Crippen molar-refractivity contribution < 1.29 is 33.2 Å². The highest BCUT2D eigenvalue weighted by atomic mass is 35.5. The number of rotatable bonds is 7. The molecule has 5 N–H and O–H groups in total. The molecule has 0 spiro atoms. The van der Waals surface area contributed by atoms with Gasteiger partial charge in [0, 0.05) is 12.6 Å². The molecule has 0 unspecified atom stereocenters. The first-order valence-electron chi connectivity index (χ1n) is 16.1. The van der Waals surface area contributed by atoms with Crippen molar-refractivity contribution in [2.45, 2.75) is 76.3 Å². The Kier molecular flexibility index (Phi) is 13.0. The van der Waals surface area contributed by atoms with Crippen LogP contribution in [0.5, 0.6) is 0 Å². The van der Waals surface area contributed by atoms with E-state index in [0.29, 0.717) is 11.3 Å². The summed E-state index contributed by atoms with van der Waals surface area (Å²) in [4.78, 5) is 82.8. The normalized spacial score (nSPS) is 25.6. The molecule has 2 aliphatic rings. The van der Waals surface area contributed by atoms with Crippen LogP contribution in [-0.2, 0) is 24.0 Å². The zero-order valence-corrected chi connectivity index (χ0v) is 29.3. The second-order valence-electron chi connectivity index (χ2n) is 12.6. The van der Waals surface area contributed by atoms with Gasteiger partial charge in [-0.15, -0.1) is 0 Å². The number of carbonyl (C=O) groups is 6. The van der Waals surface area contributed by atoms with E-state index in [1.165, 1.54) is 29.7 Å². The lowest BCUT2D eigenvalue weighted by atomic mass is 10.0. The van der Waals surface area contributed by atoms with E-state index in [2.05, 4.69) is 26.6 Å². The Morgan fingerprint density at radius 3 is 2.37 bits per heavy atom. The molecule has 15 heteroatoms. The van der Waals surface area contributed by atoms with E-state index in [-0.39, 0.29) is 36.4 Å². The lowest BCUT2D eigenvalue weighted by Crippen LogP contribution is -2.59. The Morgan fingerprint density at radius 1 is 1.00 bits per heavy atom. The van der Waals surface area contributed by atoms with Crippen LogP contribution in [0.15, 0.2) is 48.5 Å². The van der Waals surface area contributed by atoms with Crippen molar-refractivity contribution in [3.8, 4) is 0 Å². The number of hydrogen-bond acceptors (Lipinski definition) is 7. The first kappa shape index (κ1) is 37.6.